The molecule has 0 radical (unpaired) electrons. The Morgan fingerprint density at radius 2 is 2.10 bits per heavy atom. The van der Waals surface area contributed by atoms with Gasteiger partial charge in [0, 0.05) is 18.9 Å². The number of likely N-dealkylation sites (tertiary alicyclic amines) is 1. The molecule has 7 nitrogen and oxygen atoms in total. The van der Waals surface area contributed by atoms with E-state index in [1.807, 2.05) is 11.0 Å². The number of hydroxylamine groups is 1. The second-order valence-electron chi connectivity index (χ2n) is 10.2. The van der Waals surface area contributed by atoms with Crippen molar-refractivity contribution in [2.45, 2.75) is 70.8 Å². The summed E-state index contributed by atoms with van der Waals surface area (Å²) in [5, 5.41) is 9.08. The maximum absolute atomic E-state index is 13.8. The van der Waals surface area contributed by atoms with E-state index in [4.69, 9.17) is 10.2 Å². The highest BCUT2D eigenvalue weighted by Crippen LogP contribution is 2.58. The van der Waals surface area contributed by atoms with Gasteiger partial charge in [0.1, 0.15) is 5.82 Å². The van der Waals surface area contributed by atoms with E-state index >= 15 is 0 Å². The largest absolute Gasteiger partial charge is 0.340 e. The number of nitrogens with zero attached hydrogens (tertiary/aromatic N) is 2. The molecule has 2 amide bonds. The molecule has 1 aromatic heterocycles. The molecular formula is C24H32N4O3. The first-order valence-electron chi connectivity index (χ1n) is 11.7. The van der Waals surface area contributed by atoms with Gasteiger partial charge in [0.25, 0.3) is 0 Å². The van der Waals surface area contributed by atoms with Crippen molar-refractivity contribution in [2.24, 2.45) is 17.3 Å². The number of amides is 2. The van der Waals surface area contributed by atoms with Crippen molar-refractivity contribution in [3.05, 3.63) is 29.6 Å². The third-order valence-corrected chi connectivity index (χ3v) is 7.72. The standard InChI is InChI=1S/C24H32N4O3/c1-15-6-7-18-19(10-15)26-22(25-18)20-13-24(8-9-24)14-28(20)23(30)17(12-21(29)27-31)11-16-4-2-3-5-16/h6-7,10,16-17,20,31H,2-5,8-9,11-14H2,1H3,(H,25,26)(H,27,29)/t17-,20+/m1/s1. The van der Waals surface area contributed by atoms with Crippen LogP contribution in [0.2, 0.25) is 0 Å². The molecule has 2 aromatic rings. The van der Waals surface area contributed by atoms with Gasteiger partial charge >= 0.3 is 0 Å². The van der Waals surface area contributed by atoms with Crippen LogP contribution in [0.1, 0.15) is 75.2 Å². The normalized spacial score (nSPS) is 23.5. The van der Waals surface area contributed by atoms with Gasteiger partial charge in [-0.25, -0.2) is 10.5 Å². The first-order chi connectivity index (χ1) is 15.0. The number of aromatic amines is 1. The maximum atomic E-state index is 13.8. The molecule has 5 rings (SSSR count). The van der Waals surface area contributed by atoms with E-state index < -0.39 is 11.8 Å². The number of aromatic nitrogens is 2. The SMILES string of the molecule is Cc1ccc2nc([C@@H]3CC4(CC4)CN3C(=O)[C@@H](CC(=O)NO)CC3CCCC3)[nH]c2c1. The van der Waals surface area contributed by atoms with E-state index in [-0.39, 0.29) is 23.8 Å². The molecule has 2 atom stereocenters. The van der Waals surface area contributed by atoms with Gasteiger partial charge in [-0.2, -0.15) is 0 Å². The monoisotopic (exact) mass is 424 g/mol. The van der Waals surface area contributed by atoms with Crippen LogP contribution >= 0.6 is 0 Å². The topological polar surface area (TPSA) is 98.3 Å². The summed E-state index contributed by atoms with van der Waals surface area (Å²) in [5.41, 5.74) is 5.04. The molecule has 3 aliphatic rings. The molecule has 1 aliphatic heterocycles. The summed E-state index contributed by atoms with van der Waals surface area (Å²) in [7, 11) is 0. The summed E-state index contributed by atoms with van der Waals surface area (Å²) in [6, 6.07) is 6.09. The lowest BCUT2D eigenvalue weighted by atomic mass is 9.89. The van der Waals surface area contributed by atoms with Gasteiger partial charge in [-0.3, -0.25) is 14.8 Å². The zero-order chi connectivity index (χ0) is 21.6. The van der Waals surface area contributed by atoms with Gasteiger partial charge < -0.3 is 9.88 Å². The predicted molar refractivity (Wildman–Crippen MR) is 116 cm³/mol. The third-order valence-electron chi connectivity index (χ3n) is 7.72. The molecule has 1 spiro atoms. The zero-order valence-corrected chi connectivity index (χ0v) is 18.2. The van der Waals surface area contributed by atoms with Crippen molar-refractivity contribution in [1.29, 1.82) is 0 Å². The van der Waals surface area contributed by atoms with E-state index in [1.54, 1.807) is 5.48 Å². The molecular weight excluding hydrogens is 392 g/mol. The molecule has 0 bridgehead atoms. The number of fused-ring (bicyclic) bond motifs is 1. The van der Waals surface area contributed by atoms with Crippen molar-refractivity contribution in [3.63, 3.8) is 0 Å². The summed E-state index contributed by atoms with van der Waals surface area (Å²) >= 11 is 0. The van der Waals surface area contributed by atoms with Crippen LogP contribution in [-0.4, -0.2) is 38.4 Å². The molecule has 2 saturated carbocycles. The minimum atomic E-state index is -0.479. The van der Waals surface area contributed by atoms with Crippen LogP contribution in [0.4, 0.5) is 0 Å². The van der Waals surface area contributed by atoms with Crippen LogP contribution in [0.3, 0.4) is 0 Å². The van der Waals surface area contributed by atoms with Gasteiger partial charge in [0.2, 0.25) is 11.8 Å². The Hall–Kier alpha value is -2.41. The Bertz CT molecular complexity index is 990. The number of carbonyl (C=O) groups is 2. The molecule has 3 fully saturated rings. The van der Waals surface area contributed by atoms with Crippen LogP contribution in [0.25, 0.3) is 11.0 Å². The molecule has 31 heavy (non-hydrogen) atoms. The van der Waals surface area contributed by atoms with Crippen molar-refractivity contribution in [2.75, 3.05) is 6.54 Å². The smallest absolute Gasteiger partial charge is 0.244 e. The first kappa shape index (κ1) is 20.5. The summed E-state index contributed by atoms with van der Waals surface area (Å²) in [4.78, 5) is 36.1. The fourth-order valence-electron chi connectivity index (χ4n) is 5.80. The molecule has 1 aromatic carbocycles. The average Bonchev–Trinajstić information content (AvgIpc) is 3.12. The number of H-pyrrole nitrogens is 1. The fraction of sp³-hybridized carbons (Fsp3) is 0.625. The first-order valence-corrected chi connectivity index (χ1v) is 11.7. The van der Waals surface area contributed by atoms with Gasteiger partial charge in [-0.05, 0) is 61.6 Å². The van der Waals surface area contributed by atoms with Crippen LogP contribution in [0.5, 0.6) is 0 Å². The minimum Gasteiger partial charge on any atom is -0.340 e. The number of aryl methyl sites for hydroxylation is 1. The fourth-order valence-corrected chi connectivity index (χ4v) is 5.80. The number of nitrogens with one attached hydrogen (secondary N) is 2. The summed E-state index contributed by atoms with van der Waals surface area (Å²) < 4.78 is 0. The Labute approximate surface area is 182 Å². The lowest BCUT2D eigenvalue weighted by Crippen LogP contribution is -2.39. The van der Waals surface area contributed by atoms with Crippen molar-refractivity contribution >= 4 is 22.8 Å². The number of benzene rings is 1. The van der Waals surface area contributed by atoms with E-state index in [2.05, 4.69) is 24.0 Å². The summed E-state index contributed by atoms with van der Waals surface area (Å²) in [6.07, 6.45) is 8.65. The van der Waals surface area contributed by atoms with Crippen LogP contribution in [-0.2, 0) is 9.59 Å². The predicted octanol–water partition coefficient (Wildman–Crippen LogP) is 4.02. The Morgan fingerprint density at radius 1 is 1.32 bits per heavy atom. The molecule has 7 heteroatoms. The summed E-state index contributed by atoms with van der Waals surface area (Å²) in [5.74, 6) is 0.515. The molecule has 2 aliphatic carbocycles. The van der Waals surface area contributed by atoms with Gasteiger partial charge in [0.05, 0.1) is 17.1 Å². The molecule has 2 heterocycles. The number of imidazole rings is 1. The van der Waals surface area contributed by atoms with Crippen molar-refractivity contribution < 1.29 is 14.8 Å². The Kier molecular flexibility index (Phi) is 5.24. The Balaban J connectivity index is 1.42. The highest BCUT2D eigenvalue weighted by Gasteiger charge is 2.55. The van der Waals surface area contributed by atoms with E-state index in [9.17, 15) is 9.59 Å². The lowest BCUT2D eigenvalue weighted by Gasteiger charge is -2.29. The number of hydrogen-bond acceptors (Lipinski definition) is 4. The quantitative estimate of drug-likeness (QED) is 0.482. The van der Waals surface area contributed by atoms with Crippen LogP contribution < -0.4 is 5.48 Å². The zero-order valence-electron chi connectivity index (χ0n) is 18.2. The molecule has 3 N–H and O–H groups in total. The van der Waals surface area contributed by atoms with E-state index in [1.165, 1.54) is 18.4 Å². The van der Waals surface area contributed by atoms with Crippen molar-refractivity contribution in [3.8, 4) is 0 Å². The highest BCUT2D eigenvalue weighted by atomic mass is 16.5. The van der Waals surface area contributed by atoms with Gasteiger partial charge in [0.15, 0.2) is 0 Å². The summed E-state index contributed by atoms with van der Waals surface area (Å²) in [6.45, 7) is 2.80. The molecule has 166 valence electrons. The Morgan fingerprint density at radius 3 is 2.81 bits per heavy atom. The number of hydrogen-bond donors (Lipinski definition) is 3. The molecule has 1 saturated heterocycles. The number of carbonyl (C=O) groups excluding carboxylic acids is 2. The van der Waals surface area contributed by atoms with Crippen LogP contribution in [0, 0.1) is 24.2 Å². The van der Waals surface area contributed by atoms with Crippen LogP contribution in [0.15, 0.2) is 18.2 Å². The second-order valence-corrected chi connectivity index (χ2v) is 10.2. The van der Waals surface area contributed by atoms with Crippen molar-refractivity contribution in [1.82, 2.24) is 20.3 Å². The second kappa shape index (κ2) is 7.93. The van der Waals surface area contributed by atoms with Gasteiger partial charge in [-0.1, -0.05) is 31.7 Å². The molecule has 0 unspecified atom stereocenters. The van der Waals surface area contributed by atoms with E-state index in [0.29, 0.717) is 5.92 Å². The van der Waals surface area contributed by atoms with Gasteiger partial charge in [-0.15, -0.1) is 0 Å². The lowest BCUT2D eigenvalue weighted by molar-refractivity contribution is -0.142. The maximum Gasteiger partial charge on any atom is 0.244 e. The minimum absolute atomic E-state index is 0.0425. The third kappa shape index (κ3) is 4.07. The highest BCUT2D eigenvalue weighted by molar-refractivity contribution is 5.86. The number of rotatable bonds is 6. The van der Waals surface area contributed by atoms with E-state index in [0.717, 1.165) is 61.9 Å². The average molecular weight is 425 g/mol.